The Bertz CT molecular complexity index is 120. The number of β-amino-alcohol motifs (C(OH)–C–C–N with tert-alkyl or cyclic N) is 1. The predicted octanol–water partition coefficient (Wildman–Crippen LogP) is -0.495. The first-order chi connectivity index (χ1) is 4.24. The van der Waals surface area contributed by atoms with Crippen molar-refractivity contribution in [3.8, 4) is 0 Å². The SMILES string of the molecule is O=CC1CC(O)CN1F. The lowest BCUT2D eigenvalue weighted by molar-refractivity contribution is -0.116. The van der Waals surface area contributed by atoms with Crippen LogP contribution < -0.4 is 0 Å². The van der Waals surface area contributed by atoms with Crippen LogP contribution in [0.5, 0.6) is 0 Å². The molecule has 0 radical (unpaired) electrons. The summed E-state index contributed by atoms with van der Waals surface area (Å²) in [7, 11) is 0. The first kappa shape index (κ1) is 6.64. The summed E-state index contributed by atoms with van der Waals surface area (Å²) in [5, 5.41) is 9.12. The molecule has 0 saturated carbocycles. The molecular formula is C5H8FNO2. The van der Waals surface area contributed by atoms with Gasteiger partial charge in [-0.3, -0.25) is 0 Å². The summed E-state index contributed by atoms with van der Waals surface area (Å²) in [4.78, 5) is 9.97. The summed E-state index contributed by atoms with van der Waals surface area (Å²) >= 11 is 0. The quantitative estimate of drug-likeness (QED) is 0.387. The van der Waals surface area contributed by atoms with Crippen molar-refractivity contribution in [2.75, 3.05) is 6.54 Å². The van der Waals surface area contributed by atoms with Crippen molar-refractivity contribution in [2.24, 2.45) is 0 Å². The van der Waals surface area contributed by atoms with Crippen molar-refractivity contribution in [1.29, 1.82) is 0 Å². The molecule has 2 unspecified atom stereocenters. The number of aliphatic hydroxyl groups is 1. The average Bonchev–Trinajstić information content (AvgIpc) is 2.10. The molecule has 52 valence electrons. The molecule has 0 aromatic rings. The monoisotopic (exact) mass is 133 g/mol. The van der Waals surface area contributed by atoms with Crippen LogP contribution in [0.25, 0.3) is 0 Å². The van der Waals surface area contributed by atoms with E-state index < -0.39 is 12.1 Å². The molecule has 9 heavy (non-hydrogen) atoms. The van der Waals surface area contributed by atoms with E-state index in [0.717, 1.165) is 0 Å². The zero-order chi connectivity index (χ0) is 6.85. The highest BCUT2D eigenvalue weighted by Gasteiger charge is 2.30. The molecule has 1 saturated heterocycles. The number of aliphatic hydroxyl groups excluding tert-OH is 1. The summed E-state index contributed by atoms with van der Waals surface area (Å²) in [6.45, 7) is -0.0383. The van der Waals surface area contributed by atoms with Crippen molar-refractivity contribution in [3.63, 3.8) is 0 Å². The predicted molar refractivity (Wildman–Crippen MR) is 28.3 cm³/mol. The fraction of sp³-hybridized carbons (Fsp3) is 0.800. The number of carbonyl (C=O) groups is 1. The van der Waals surface area contributed by atoms with Crippen LogP contribution in [0.4, 0.5) is 4.48 Å². The molecule has 1 N–H and O–H groups in total. The maximum atomic E-state index is 12.3. The van der Waals surface area contributed by atoms with Gasteiger partial charge < -0.3 is 9.90 Å². The molecule has 1 aliphatic rings. The maximum absolute atomic E-state index is 12.3. The molecule has 3 nitrogen and oxygen atoms in total. The van der Waals surface area contributed by atoms with Crippen LogP contribution in [-0.4, -0.2) is 35.2 Å². The number of hydrogen-bond acceptors (Lipinski definition) is 3. The van der Waals surface area contributed by atoms with Crippen molar-refractivity contribution >= 4 is 6.29 Å². The van der Waals surface area contributed by atoms with Gasteiger partial charge in [0.05, 0.1) is 18.7 Å². The number of rotatable bonds is 1. The second-order valence-corrected chi connectivity index (χ2v) is 2.18. The lowest BCUT2D eigenvalue weighted by Crippen LogP contribution is -2.21. The Kier molecular flexibility index (Phi) is 1.78. The van der Waals surface area contributed by atoms with Gasteiger partial charge in [0.25, 0.3) is 0 Å². The molecule has 4 heteroatoms. The van der Waals surface area contributed by atoms with E-state index in [1.54, 1.807) is 0 Å². The minimum absolute atomic E-state index is 0.0383. The second-order valence-electron chi connectivity index (χ2n) is 2.18. The molecule has 0 aromatic heterocycles. The van der Waals surface area contributed by atoms with E-state index >= 15 is 0 Å². The minimum Gasteiger partial charge on any atom is -0.392 e. The number of halogens is 1. The van der Waals surface area contributed by atoms with Gasteiger partial charge in [-0.1, -0.05) is 0 Å². The van der Waals surface area contributed by atoms with Crippen LogP contribution in [0.2, 0.25) is 0 Å². The van der Waals surface area contributed by atoms with Gasteiger partial charge in [0.15, 0.2) is 0 Å². The van der Waals surface area contributed by atoms with Crippen molar-refractivity contribution in [3.05, 3.63) is 0 Å². The number of aldehydes is 1. The summed E-state index contributed by atoms with van der Waals surface area (Å²) in [6.07, 6.45) is 0.0566. The fourth-order valence-corrected chi connectivity index (χ4v) is 0.926. The van der Waals surface area contributed by atoms with Gasteiger partial charge in [-0.25, -0.2) is 0 Å². The van der Waals surface area contributed by atoms with Gasteiger partial charge in [-0.15, -0.1) is 9.60 Å². The first-order valence-corrected chi connectivity index (χ1v) is 2.80. The van der Waals surface area contributed by atoms with Gasteiger partial charge in [0.1, 0.15) is 6.29 Å². The second kappa shape index (κ2) is 2.41. The standard InChI is InChI=1S/C5H8FNO2/c6-7-2-5(9)1-4(7)3-8/h3-5,9H,1-2H2. The Morgan fingerprint density at radius 1 is 1.78 bits per heavy atom. The Balaban J connectivity index is 2.47. The highest BCUT2D eigenvalue weighted by molar-refractivity contribution is 5.57. The Labute approximate surface area is 52.0 Å². The molecule has 0 aromatic carbocycles. The van der Waals surface area contributed by atoms with Gasteiger partial charge in [-0.2, -0.15) is 0 Å². The molecule has 1 rings (SSSR count). The third-order valence-electron chi connectivity index (χ3n) is 1.42. The number of nitrogens with zero attached hydrogens (tertiary/aromatic N) is 1. The minimum atomic E-state index is -0.722. The summed E-state index contributed by atoms with van der Waals surface area (Å²) in [5.74, 6) is 0. The van der Waals surface area contributed by atoms with Crippen LogP contribution in [0.15, 0.2) is 0 Å². The van der Waals surface area contributed by atoms with E-state index in [1.165, 1.54) is 0 Å². The van der Waals surface area contributed by atoms with E-state index in [1.807, 2.05) is 0 Å². The van der Waals surface area contributed by atoms with E-state index in [-0.39, 0.29) is 13.0 Å². The molecule has 1 heterocycles. The molecule has 0 amide bonds. The zero-order valence-corrected chi connectivity index (χ0v) is 4.83. The van der Waals surface area contributed by atoms with Crippen molar-refractivity contribution < 1.29 is 14.4 Å². The topological polar surface area (TPSA) is 40.5 Å². The third kappa shape index (κ3) is 1.25. The molecule has 0 bridgehead atoms. The normalized spacial score (nSPS) is 37.1. The summed E-state index contributed by atoms with van der Waals surface area (Å²) in [6, 6.07) is -0.722. The summed E-state index contributed by atoms with van der Waals surface area (Å²) < 4.78 is 12.3. The molecule has 1 aliphatic heterocycles. The van der Waals surface area contributed by atoms with Gasteiger partial charge >= 0.3 is 0 Å². The van der Waals surface area contributed by atoms with E-state index in [9.17, 15) is 9.28 Å². The van der Waals surface area contributed by atoms with Crippen molar-refractivity contribution in [2.45, 2.75) is 18.6 Å². The number of carbonyl (C=O) groups excluding carboxylic acids is 1. The fourth-order valence-electron chi connectivity index (χ4n) is 0.926. The van der Waals surface area contributed by atoms with Crippen LogP contribution >= 0.6 is 0 Å². The van der Waals surface area contributed by atoms with E-state index in [4.69, 9.17) is 5.11 Å². The highest BCUT2D eigenvalue weighted by atomic mass is 19.2. The van der Waals surface area contributed by atoms with Crippen LogP contribution in [0.1, 0.15) is 6.42 Å². The van der Waals surface area contributed by atoms with Crippen LogP contribution in [0.3, 0.4) is 0 Å². The molecule has 2 atom stereocenters. The van der Waals surface area contributed by atoms with Crippen LogP contribution in [-0.2, 0) is 4.79 Å². The smallest absolute Gasteiger partial charge is 0.139 e. The zero-order valence-electron chi connectivity index (χ0n) is 4.83. The molecule has 1 fully saturated rings. The lowest BCUT2D eigenvalue weighted by atomic mass is 10.2. The van der Waals surface area contributed by atoms with Gasteiger partial charge in [-0.05, 0) is 6.42 Å². The van der Waals surface area contributed by atoms with Crippen molar-refractivity contribution in [1.82, 2.24) is 5.12 Å². The first-order valence-electron chi connectivity index (χ1n) is 2.80. The average molecular weight is 133 g/mol. The van der Waals surface area contributed by atoms with Gasteiger partial charge in [0, 0.05) is 0 Å². The van der Waals surface area contributed by atoms with E-state index in [2.05, 4.69) is 0 Å². The molecule has 0 spiro atoms. The highest BCUT2D eigenvalue weighted by Crippen LogP contribution is 2.15. The lowest BCUT2D eigenvalue weighted by Gasteiger charge is -2.04. The summed E-state index contributed by atoms with van der Waals surface area (Å²) in [5.41, 5.74) is 0. The molecular weight excluding hydrogens is 125 g/mol. The Hall–Kier alpha value is -0.480. The third-order valence-corrected chi connectivity index (χ3v) is 1.42. The largest absolute Gasteiger partial charge is 0.392 e. The Morgan fingerprint density at radius 2 is 2.44 bits per heavy atom. The van der Waals surface area contributed by atoms with Gasteiger partial charge in [0.2, 0.25) is 0 Å². The van der Waals surface area contributed by atoms with Crippen LogP contribution in [0, 0.1) is 0 Å². The maximum Gasteiger partial charge on any atom is 0.139 e. The van der Waals surface area contributed by atoms with E-state index in [0.29, 0.717) is 11.4 Å². The Morgan fingerprint density at radius 3 is 2.67 bits per heavy atom. The number of hydrogen-bond donors (Lipinski definition) is 1. The molecule has 0 aliphatic carbocycles.